The summed E-state index contributed by atoms with van der Waals surface area (Å²) in [6, 6.07) is 5.92. The van der Waals surface area contributed by atoms with Crippen molar-refractivity contribution < 1.29 is 21.9 Å². The number of rotatable bonds is 3. The van der Waals surface area contributed by atoms with Gasteiger partial charge < -0.3 is 11.1 Å². The standard InChI is InChI=1S/C7H13N3O5S.C5H5N/c8-6(11)7(15-16(12,13)14)2-1-5-3-10(7)4-9-5;1-2-4-6-5-3-1/h5,9H,1-4H2,(H2,8,11)(H,12,13,14);1-5H. The summed E-state index contributed by atoms with van der Waals surface area (Å²) in [6.45, 7) is 0.779. The lowest BCUT2D eigenvalue weighted by Crippen LogP contribution is -2.61. The fraction of sp³-hybridized carbons (Fsp3) is 0.500. The monoisotopic (exact) mass is 330 g/mol. The van der Waals surface area contributed by atoms with Gasteiger partial charge in [-0.25, -0.2) is 4.18 Å². The normalized spacial score (nSPS) is 30.2. The summed E-state index contributed by atoms with van der Waals surface area (Å²) in [4.78, 5) is 16.7. The van der Waals surface area contributed by atoms with Gasteiger partial charge in [-0.2, -0.15) is 8.42 Å². The van der Waals surface area contributed by atoms with Gasteiger partial charge in [-0.15, -0.1) is 0 Å². The molecule has 3 rings (SSSR count). The Balaban J connectivity index is 0.000000246. The molecule has 0 aromatic carbocycles. The third kappa shape index (κ3) is 3.99. The van der Waals surface area contributed by atoms with Crippen LogP contribution in [0.2, 0.25) is 0 Å². The summed E-state index contributed by atoms with van der Waals surface area (Å²) in [6.07, 6.45) is 4.20. The van der Waals surface area contributed by atoms with E-state index >= 15 is 0 Å². The van der Waals surface area contributed by atoms with Crippen LogP contribution in [0.3, 0.4) is 0 Å². The number of nitrogens with zero attached hydrogens (tertiary/aromatic N) is 2. The molecule has 2 bridgehead atoms. The zero-order valence-corrected chi connectivity index (χ0v) is 12.6. The first-order valence-corrected chi connectivity index (χ1v) is 8.01. The van der Waals surface area contributed by atoms with Gasteiger partial charge in [0.25, 0.3) is 5.91 Å². The highest BCUT2D eigenvalue weighted by Gasteiger charge is 2.53. The van der Waals surface area contributed by atoms with E-state index in [0.29, 0.717) is 19.6 Å². The van der Waals surface area contributed by atoms with Crippen LogP contribution in [-0.2, 0) is 19.4 Å². The number of carbonyl (C=O) groups excluding carboxylic acids is 1. The van der Waals surface area contributed by atoms with E-state index in [1.165, 1.54) is 4.90 Å². The topological polar surface area (TPSA) is 135 Å². The molecule has 0 saturated carbocycles. The number of aromatic nitrogens is 1. The summed E-state index contributed by atoms with van der Waals surface area (Å²) < 4.78 is 34.7. The van der Waals surface area contributed by atoms with Gasteiger partial charge in [-0.05, 0) is 18.6 Å². The average molecular weight is 330 g/mol. The summed E-state index contributed by atoms with van der Waals surface area (Å²) >= 11 is 0. The van der Waals surface area contributed by atoms with Crippen LogP contribution in [0.4, 0.5) is 0 Å². The van der Waals surface area contributed by atoms with Crippen LogP contribution in [0.15, 0.2) is 30.6 Å². The Hall–Kier alpha value is -1.59. The highest BCUT2D eigenvalue weighted by atomic mass is 32.3. The van der Waals surface area contributed by atoms with Crippen LogP contribution >= 0.6 is 0 Å². The van der Waals surface area contributed by atoms with E-state index in [1.807, 2.05) is 18.2 Å². The summed E-state index contributed by atoms with van der Waals surface area (Å²) in [5.74, 6) is -0.910. The molecule has 2 aliphatic rings. The largest absolute Gasteiger partial charge is 0.399 e. The predicted octanol–water partition coefficient (Wildman–Crippen LogP) is -0.906. The summed E-state index contributed by atoms with van der Waals surface area (Å²) in [7, 11) is -4.72. The second-order valence-corrected chi connectivity index (χ2v) is 6.03. The van der Waals surface area contributed by atoms with Crippen LogP contribution in [0, 0.1) is 0 Å². The van der Waals surface area contributed by atoms with Crippen molar-refractivity contribution in [1.29, 1.82) is 0 Å². The van der Waals surface area contributed by atoms with Crippen LogP contribution in [0.1, 0.15) is 12.8 Å². The maximum absolute atomic E-state index is 11.4. The number of amides is 1. The third-order valence-electron chi connectivity index (χ3n) is 3.55. The maximum Gasteiger partial charge on any atom is 0.399 e. The second kappa shape index (κ2) is 6.67. The number of fused-ring (bicyclic) bond motifs is 2. The molecule has 4 N–H and O–H groups in total. The first-order chi connectivity index (χ1) is 10.3. The summed E-state index contributed by atoms with van der Waals surface area (Å²) in [5.41, 5.74) is 3.43. The van der Waals surface area contributed by atoms with Gasteiger partial charge in [0.1, 0.15) is 0 Å². The van der Waals surface area contributed by atoms with E-state index in [0.717, 1.165) is 0 Å². The number of hydrogen-bond donors (Lipinski definition) is 3. The Labute approximate surface area is 128 Å². The molecular weight excluding hydrogens is 312 g/mol. The molecule has 3 atom stereocenters. The first kappa shape index (κ1) is 16.8. The fourth-order valence-corrected chi connectivity index (χ4v) is 3.15. The van der Waals surface area contributed by atoms with Gasteiger partial charge in [0.15, 0.2) is 0 Å². The van der Waals surface area contributed by atoms with Crippen molar-refractivity contribution in [2.75, 3.05) is 13.2 Å². The molecule has 2 aliphatic heterocycles. The number of piperidine rings is 1. The molecule has 0 spiro atoms. The van der Waals surface area contributed by atoms with Gasteiger partial charge in [-0.1, -0.05) is 6.07 Å². The Morgan fingerprint density at radius 2 is 2.09 bits per heavy atom. The molecule has 3 heterocycles. The van der Waals surface area contributed by atoms with Crippen LogP contribution in [-0.4, -0.2) is 53.7 Å². The Morgan fingerprint density at radius 3 is 2.55 bits per heavy atom. The number of carbonyl (C=O) groups is 1. The Bertz CT molecular complexity index is 584. The SMILES string of the molecule is NC(=O)C1(OS(=O)(=O)O)CCC2CN1CN2.c1ccncc1. The number of pyridine rings is 1. The van der Waals surface area contributed by atoms with E-state index in [4.69, 9.17) is 10.3 Å². The smallest absolute Gasteiger partial charge is 0.366 e. The number of primary amides is 1. The highest BCUT2D eigenvalue weighted by molar-refractivity contribution is 7.81. The fourth-order valence-electron chi connectivity index (χ4n) is 2.53. The molecular formula is C12H18N4O5S. The molecule has 10 heteroatoms. The zero-order chi connectivity index (χ0) is 16.2. The van der Waals surface area contributed by atoms with Gasteiger partial charge >= 0.3 is 10.4 Å². The molecule has 2 fully saturated rings. The zero-order valence-electron chi connectivity index (χ0n) is 11.8. The molecule has 2 saturated heterocycles. The van der Waals surface area contributed by atoms with Crippen molar-refractivity contribution in [3.63, 3.8) is 0 Å². The predicted molar refractivity (Wildman–Crippen MR) is 76.5 cm³/mol. The van der Waals surface area contributed by atoms with Crippen LogP contribution in [0.5, 0.6) is 0 Å². The quantitative estimate of drug-likeness (QED) is 0.607. The van der Waals surface area contributed by atoms with Crippen LogP contribution in [0.25, 0.3) is 0 Å². The van der Waals surface area contributed by atoms with Gasteiger partial charge in [0.2, 0.25) is 5.72 Å². The van der Waals surface area contributed by atoms with Crippen molar-refractivity contribution in [2.45, 2.75) is 24.6 Å². The second-order valence-electron chi connectivity index (χ2n) is 5.00. The molecule has 3 unspecified atom stereocenters. The molecule has 0 aliphatic carbocycles. The minimum atomic E-state index is -4.72. The Kier molecular flexibility index (Phi) is 5.08. The molecule has 1 aromatic rings. The number of nitrogens with two attached hydrogens (primary N) is 1. The van der Waals surface area contributed by atoms with Crippen molar-refractivity contribution in [3.8, 4) is 0 Å². The minimum Gasteiger partial charge on any atom is -0.366 e. The van der Waals surface area contributed by atoms with E-state index in [9.17, 15) is 13.2 Å². The maximum atomic E-state index is 11.4. The molecule has 22 heavy (non-hydrogen) atoms. The van der Waals surface area contributed by atoms with Gasteiger partial charge in [0, 0.05) is 31.4 Å². The lowest BCUT2D eigenvalue weighted by atomic mass is 9.97. The lowest BCUT2D eigenvalue weighted by Gasteiger charge is -2.39. The number of nitrogens with one attached hydrogen (secondary N) is 1. The van der Waals surface area contributed by atoms with Gasteiger partial charge in [-0.3, -0.25) is 19.2 Å². The van der Waals surface area contributed by atoms with E-state index < -0.39 is 22.0 Å². The molecule has 1 aromatic heterocycles. The van der Waals surface area contributed by atoms with Crippen molar-refractivity contribution in [2.24, 2.45) is 5.73 Å². The number of hydrogen-bond acceptors (Lipinski definition) is 7. The summed E-state index contributed by atoms with van der Waals surface area (Å²) in [5, 5.41) is 3.08. The first-order valence-electron chi connectivity index (χ1n) is 6.65. The van der Waals surface area contributed by atoms with Crippen molar-refractivity contribution in [3.05, 3.63) is 30.6 Å². The molecule has 1 amide bonds. The highest BCUT2D eigenvalue weighted by Crippen LogP contribution is 2.33. The lowest BCUT2D eigenvalue weighted by molar-refractivity contribution is -0.156. The van der Waals surface area contributed by atoms with Crippen molar-refractivity contribution >= 4 is 16.3 Å². The van der Waals surface area contributed by atoms with Crippen LogP contribution < -0.4 is 11.1 Å². The van der Waals surface area contributed by atoms with E-state index in [1.54, 1.807) is 12.4 Å². The van der Waals surface area contributed by atoms with Gasteiger partial charge in [0.05, 0.1) is 6.67 Å². The molecule has 122 valence electrons. The van der Waals surface area contributed by atoms with E-state index in [2.05, 4.69) is 14.5 Å². The minimum absolute atomic E-state index is 0.139. The molecule has 0 radical (unpaired) electrons. The molecule has 9 nitrogen and oxygen atoms in total. The third-order valence-corrected chi connectivity index (χ3v) is 4.04. The average Bonchev–Trinajstić information content (AvgIpc) is 2.88. The van der Waals surface area contributed by atoms with E-state index in [-0.39, 0.29) is 12.5 Å². The Morgan fingerprint density at radius 1 is 1.41 bits per heavy atom. The van der Waals surface area contributed by atoms with Crippen molar-refractivity contribution in [1.82, 2.24) is 15.2 Å².